The third kappa shape index (κ3) is 3.29. The molecule has 0 rings (SSSR count). The molecule has 0 aliphatic rings. The van der Waals surface area contributed by atoms with Crippen LogP contribution in [0.1, 0.15) is 6.92 Å². The number of hydrogen-bond donors (Lipinski definition) is 2. The van der Waals surface area contributed by atoms with Gasteiger partial charge >= 0.3 is 0 Å². The van der Waals surface area contributed by atoms with Crippen LogP contribution in [-0.4, -0.2) is 5.91 Å². The number of amides is 1. The van der Waals surface area contributed by atoms with Crippen molar-refractivity contribution in [1.82, 2.24) is 5.32 Å². The molecule has 0 aliphatic carbocycles. The number of hydrogen-bond acceptors (Lipinski definition) is 3. The molecule has 1 amide bonds. The minimum absolute atomic E-state index is 0.00463. The van der Waals surface area contributed by atoms with Crippen LogP contribution in [0, 0.1) is 17.9 Å². The highest BCUT2D eigenvalue weighted by Gasteiger charge is 2.02. The molecule has 4 nitrogen and oxygen atoms in total. The fourth-order valence-corrected chi connectivity index (χ4v) is 0.614. The van der Waals surface area contributed by atoms with Gasteiger partial charge in [-0.25, -0.2) is 10.1 Å². The number of nitriles is 1. The third-order valence-electron chi connectivity index (χ3n) is 0.736. The molecule has 56 valence electrons. The van der Waals surface area contributed by atoms with Gasteiger partial charge in [-0.3, -0.25) is 4.79 Å². The van der Waals surface area contributed by atoms with Crippen molar-refractivity contribution < 1.29 is 4.79 Å². The van der Waals surface area contributed by atoms with Crippen molar-refractivity contribution in [1.29, 1.82) is 5.26 Å². The molecule has 0 aromatic carbocycles. The van der Waals surface area contributed by atoms with Gasteiger partial charge in [0.25, 0.3) is 5.70 Å². The molecular weight excluding hydrogens is 162 g/mol. The van der Waals surface area contributed by atoms with Crippen LogP contribution in [0.5, 0.6) is 0 Å². The maximum Gasteiger partial charge on any atom is 0.290 e. The van der Waals surface area contributed by atoms with Gasteiger partial charge in [0, 0.05) is 6.92 Å². The van der Waals surface area contributed by atoms with Crippen molar-refractivity contribution in [3.63, 3.8) is 0 Å². The van der Waals surface area contributed by atoms with E-state index in [1.807, 2.05) is 0 Å². The summed E-state index contributed by atoms with van der Waals surface area (Å²) in [6.07, 6.45) is 0. The maximum atomic E-state index is 10.4. The Morgan fingerprint density at radius 2 is 2.36 bits per heavy atom. The molecule has 0 heterocycles. The van der Waals surface area contributed by atoms with E-state index in [2.05, 4.69) is 22.8 Å². The van der Waals surface area contributed by atoms with E-state index in [0.717, 1.165) is 0 Å². The first-order valence-electron chi connectivity index (χ1n) is 2.60. The molecule has 0 fully saturated rings. The summed E-state index contributed by atoms with van der Waals surface area (Å²) in [5.41, 5.74) is -0.219. The predicted octanol–water partition coefficient (Wildman–Crippen LogP) is 0.664. The first-order chi connectivity index (χ1) is 5.11. The molecule has 1 N–H and O–H groups in total. The Morgan fingerprint density at radius 1 is 1.82 bits per heavy atom. The highest BCUT2D eigenvalue weighted by molar-refractivity contribution is 7.84. The number of nitrogens with zero attached hydrogens (tertiary/aromatic N) is 2. The van der Waals surface area contributed by atoms with Gasteiger partial charge in [0.15, 0.2) is 0 Å². The summed E-state index contributed by atoms with van der Waals surface area (Å²) < 4.78 is 0. The molecule has 0 aliphatic heterocycles. The van der Waals surface area contributed by atoms with E-state index < -0.39 is 0 Å². The minimum atomic E-state index is -0.355. The van der Waals surface area contributed by atoms with Gasteiger partial charge in [0.2, 0.25) is 5.91 Å². The average Bonchev–Trinajstić information content (AvgIpc) is 1.88. The summed E-state index contributed by atoms with van der Waals surface area (Å²) in [5.74, 6) is -0.355. The fraction of sp³-hybridized carbons (Fsp3) is 0.167. The van der Waals surface area contributed by atoms with E-state index in [4.69, 9.17) is 11.8 Å². The van der Waals surface area contributed by atoms with E-state index >= 15 is 0 Å². The normalized spacial score (nSPS) is 10.5. The highest BCUT2D eigenvalue weighted by atomic mass is 32.1. The SMILES string of the molecule is [C-]#[N+]/C(C#N)=C(\S)NC(C)=O. The molecule has 0 aromatic rings. The standard InChI is InChI=1S/C6H5N3OS/c1-4(10)9-6(11)5(3-7)8-2/h11H,1H3,(H,9,10)/b6-5-. The lowest BCUT2D eigenvalue weighted by Gasteiger charge is -1.98. The van der Waals surface area contributed by atoms with Crippen molar-refractivity contribution in [2.75, 3.05) is 0 Å². The molecule has 0 saturated heterocycles. The van der Waals surface area contributed by atoms with Gasteiger partial charge in [0.1, 0.15) is 0 Å². The molecule has 0 aromatic heterocycles. The summed E-state index contributed by atoms with van der Waals surface area (Å²) in [6.45, 7) is 7.75. The smallest absolute Gasteiger partial charge is 0.290 e. The van der Waals surface area contributed by atoms with E-state index in [1.54, 1.807) is 6.07 Å². The number of allylic oxidation sites excluding steroid dienone is 1. The Balaban J connectivity index is 4.56. The van der Waals surface area contributed by atoms with Gasteiger partial charge in [-0.15, -0.1) is 12.6 Å². The van der Waals surface area contributed by atoms with Crippen LogP contribution in [0.4, 0.5) is 0 Å². The van der Waals surface area contributed by atoms with Crippen molar-refractivity contribution >= 4 is 18.5 Å². The average molecular weight is 167 g/mol. The lowest BCUT2D eigenvalue weighted by Crippen LogP contribution is -2.16. The van der Waals surface area contributed by atoms with Crippen molar-refractivity contribution in [3.8, 4) is 6.07 Å². The monoisotopic (exact) mass is 167 g/mol. The summed E-state index contributed by atoms with van der Waals surface area (Å²) in [6, 6.07) is 1.59. The second kappa shape index (κ2) is 4.37. The number of thiol groups is 1. The molecule has 0 saturated carbocycles. The van der Waals surface area contributed by atoms with Gasteiger partial charge in [-0.05, 0) is 0 Å². The number of carbonyl (C=O) groups excluding carboxylic acids is 1. The topological polar surface area (TPSA) is 57.2 Å². The highest BCUT2D eigenvalue weighted by Crippen LogP contribution is 2.05. The maximum absolute atomic E-state index is 10.4. The zero-order valence-corrected chi connectivity index (χ0v) is 6.64. The molecular formula is C6H5N3OS. The second-order valence-corrected chi connectivity index (χ2v) is 2.05. The summed E-state index contributed by atoms with van der Waals surface area (Å²) >= 11 is 3.74. The third-order valence-corrected chi connectivity index (χ3v) is 1.06. The van der Waals surface area contributed by atoms with Crippen LogP contribution in [0.15, 0.2) is 10.7 Å². The number of nitrogens with one attached hydrogen (secondary N) is 1. The first-order valence-corrected chi connectivity index (χ1v) is 3.05. The minimum Gasteiger partial charge on any atom is -0.329 e. The number of carbonyl (C=O) groups is 1. The second-order valence-electron chi connectivity index (χ2n) is 1.60. The summed E-state index contributed by atoms with van der Waals surface area (Å²) in [5, 5.41) is 10.5. The van der Waals surface area contributed by atoms with Crippen LogP contribution < -0.4 is 5.32 Å². The van der Waals surface area contributed by atoms with Gasteiger partial charge in [0.05, 0.1) is 17.7 Å². The van der Waals surface area contributed by atoms with E-state index in [-0.39, 0.29) is 16.6 Å². The van der Waals surface area contributed by atoms with E-state index in [0.29, 0.717) is 0 Å². The Hall–Kier alpha value is -1.46. The Bertz CT molecular complexity index is 265. The molecule has 11 heavy (non-hydrogen) atoms. The molecule has 0 spiro atoms. The van der Waals surface area contributed by atoms with Crippen molar-refractivity contribution in [2.24, 2.45) is 0 Å². The Labute approximate surface area is 69.7 Å². The summed E-state index contributed by atoms with van der Waals surface area (Å²) in [4.78, 5) is 13.2. The molecule has 0 bridgehead atoms. The lowest BCUT2D eigenvalue weighted by atomic mass is 10.5. The Morgan fingerprint density at radius 3 is 2.64 bits per heavy atom. The zero-order chi connectivity index (χ0) is 8.85. The molecule has 0 unspecified atom stereocenters. The van der Waals surface area contributed by atoms with Gasteiger partial charge in [-0.1, -0.05) is 0 Å². The van der Waals surface area contributed by atoms with Crippen LogP contribution in [0.3, 0.4) is 0 Å². The summed E-state index contributed by atoms with van der Waals surface area (Å²) in [7, 11) is 0. The molecule has 5 heteroatoms. The van der Waals surface area contributed by atoms with Crippen molar-refractivity contribution in [3.05, 3.63) is 22.1 Å². The van der Waals surface area contributed by atoms with E-state index in [9.17, 15) is 4.79 Å². The van der Waals surface area contributed by atoms with Gasteiger partial charge in [-0.2, -0.15) is 0 Å². The quantitative estimate of drug-likeness (QED) is 0.342. The largest absolute Gasteiger partial charge is 0.329 e. The molecule has 0 atom stereocenters. The van der Waals surface area contributed by atoms with Crippen LogP contribution in [0.25, 0.3) is 4.85 Å². The van der Waals surface area contributed by atoms with Crippen LogP contribution in [-0.2, 0) is 4.79 Å². The van der Waals surface area contributed by atoms with Gasteiger partial charge < -0.3 is 5.32 Å². The van der Waals surface area contributed by atoms with Crippen LogP contribution >= 0.6 is 12.6 Å². The molecule has 0 radical (unpaired) electrons. The predicted molar refractivity (Wildman–Crippen MR) is 42.0 cm³/mol. The zero-order valence-electron chi connectivity index (χ0n) is 5.75. The van der Waals surface area contributed by atoms with Crippen LogP contribution in [0.2, 0.25) is 0 Å². The van der Waals surface area contributed by atoms with E-state index in [1.165, 1.54) is 6.92 Å². The number of rotatable bonds is 1. The van der Waals surface area contributed by atoms with Crippen molar-refractivity contribution in [2.45, 2.75) is 6.92 Å². The Kier molecular flexibility index (Phi) is 3.79. The fourth-order valence-electron chi connectivity index (χ4n) is 0.357. The lowest BCUT2D eigenvalue weighted by molar-refractivity contribution is -0.118. The first kappa shape index (κ1) is 9.54.